The topological polar surface area (TPSA) is 87.8 Å². The van der Waals surface area contributed by atoms with E-state index in [2.05, 4.69) is 15.2 Å². The Morgan fingerprint density at radius 2 is 2.03 bits per heavy atom. The molecule has 0 aliphatic carbocycles. The standard InChI is InChI=1S/C24H23N3O4S/c28-23(29)17-8-2-1-7-16(17)19-10-11-20(31-19)22-21(18-9-3-4-12-25-18)26-24(32)27(22)14-15-6-5-13-30-15/h1-4,7-12,15,21-22H,5-6,13-14H2,(H,26,32)(H,28,29)/t15-,21-,22+/m0/s1. The van der Waals surface area contributed by atoms with E-state index in [1.165, 1.54) is 0 Å². The Bertz CT molecular complexity index is 1130. The molecule has 2 aliphatic heterocycles. The number of carboxylic acid groups (broad SMARTS) is 1. The second-order valence-electron chi connectivity index (χ2n) is 7.97. The first-order valence-electron chi connectivity index (χ1n) is 10.6. The summed E-state index contributed by atoms with van der Waals surface area (Å²) in [5.41, 5.74) is 1.60. The third kappa shape index (κ3) is 3.87. The van der Waals surface area contributed by atoms with Crippen LogP contribution in [-0.4, -0.2) is 45.3 Å². The predicted octanol–water partition coefficient (Wildman–Crippen LogP) is 4.19. The van der Waals surface area contributed by atoms with Gasteiger partial charge in [-0.2, -0.15) is 0 Å². The van der Waals surface area contributed by atoms with Gasteiger partial charge in [0.15, 0.2) is 5.11 Å². The molecule has 2 saturated heterocycles. The highest BCUT2D eigenvalue weighted by molar-refractivity contribution is 7.80. The van der Waals surface area contributed by atoms with Gasteiger partial charge in [-0.25, -0.2) is 4.79 Å². The van der Waals surface area contributed by atoms with Crippen LogP contribution in [0, 0.1) is 0 Å². The number of hydrogen-bond donors (Lipinski definition) is 2. The molecule has 164 valence electrons. The number of nitrogens with zero attached hydrogens (tertiary/aromatic N) is 2. The zero-order valence-electron chi connectivity index (χ0n) is 17.3. The van der Waals surface area contributed by atoms with Crippen molar-refractivity contribution >= 4 is 23.3 Å². The van der Waals surface area contributed by atoms with E-state index in [4.69, 9.17) is 21.4 Å². The lowest BCUT2D eigenvalue weighted by Crippen LogP contribution is -2.36. The van der Waals surface area contributed by atoms with Gasteiger partial charge in [0, 0.05) is 24.9 Å². The number of furan rings is 1. The predicted molar refractivity (Wildman–Crippen MR) is 122 cm³/mol. The molecule has 2 fully saturated rings. The van der Waals surface area contributed by atoms with E-state index < -0.39 is 5.97 Å². The van der Waals surface area contributed by atoms with Gasteiger partial charge in [-0.05, 0) is 55.4 Å². The van der Waals surface area contributed by atoms with E-state index in [0.29, 0.717) is 28.7 Å². The summed E-state index contributed by atoms with van der Waals surface area (Å²) in [5.74, 6) is 0.211. The molecule has 1 aromatic carbocycles. The molecule has 2 N–H and O–H groups in total. The zero-order chi connectivity index (χ0) is 22.1. The number of hydrogen-bond acceptors (Lipinski definition) is 5. The van der Waals surface area contributed by atoms with Crippen molar-refractivity contribution < 1.29 is 19.1 Å². The quantitative estimate of drug-likeness (QED) is 0.542. The molecule has 2 aromatic heterocycles. The fourth-order valence-corrected chi connectivity index (χ4v) is 4.77. The third-order valence-corrected chi connectivity index (χ3v) is 6.32. The van der Waals surface area contributed by atoms with Crippen LogP contribution in [0.5, 0.6) is 0 Å². The minimum atomic E-state index is -0.992. The van der Waals surface area contributed by atoms with Crippen molar-refractivity contribution in [1.29, 1.82) is 0 Å². The second-order valence-corrected chi connectivity index (χ2v) is 8.35. The maximum Gasteiger partial charge on any atom is 0.336 e. The first kappa shape index (κ1) is 20.7. The number of thiocarbonyl (C=S) groups is 1. The second kappa shape index (κ2) is 8.72. The van der Waals surface area contributed by atoms with Crippen LogP contribution in [-0.2, 0) is 4.74 Å². The smallest absolute Gasteiger partial charge is 0.336 e. The summed E-state index contributed by atoms with van der Waals surface area (Å²) in [6.07, 6.45) is 3.91. The molecular weight excluding hydrogens is 426 g/mol. The Hall–Kier alpha value is -3.23. The summed E-state index contributed by atoms with van der Waals surface area (Å²) < 4.78 is 12.1. The number of carboxylic acids is 1. The fourth-order valence-electron chi connectivity index (χ4n) is 4.46. The van der Waals surface area contributed by atoms with E-state index in [1.54, 1.807) is 30.5 Å². The maximum atomic E-state index is 11.7. The fraction of sp³-hybridized carbons (Fsp3) is 0.292. The van der Waals surface area contributed by atoms with Crippen LogP contribution in [0.3, 0.4) is 0 Å². The number of aromatic nitrogens is 1. The van der Waals surface area contributed by atoms with Gasteiger partial charge in [-0.15, -0.1) is 0 Å². The molecule has 0 amide bonds. The molecule has 5 rings (SSSR count). The van der Waals surface area contributed by atoms with E-state index in [-0.39, 0.29) is 23.8 Å². The van der Waals surface area contributed by atoms with Crippen molar-refractivity contribution in [3.63, 3.8) is 0 Å². The number of aromatic carboxylic acids is 1. The number of pyridine rings is 1. The summed E-state index contributed by atoms with van der Waals surface area (Å²) in [6.45, 7) is 1.42. The molecule has 0 spiro atoms. The summed E-state index contributed by atoms with van der Waals surface area (Å²) >= 11 is 5.70. The van der Waals surface area contributed by atoms with Gasteiger partial charge >= 0.3 is 5.97 Å². The lowest BCUT2D eigenvalue weighted by molar-refractivity contribution is 0.0697. The van der Waals surface area contributed by atoms with Crippen molar-refractivity contribution in [1.82, 2.24) is 15.2 Å². The zero-order valence-corrected chi connectivity index (χ0v) is 18.1. The summed E-state index contributed by atoms with van der Waals surface area (Å²) in [6, 6.07) is 15.9. The first-order valence-corrected chi connectivity index (χ1v) is 11.0. The van der Waals surface area contributed by atoms with E-state index in [9.17, 15) is 9.90 Å². The maximum absolute atomic E-state index is 11.7. The van der Waals surface area contributed by atoms with Crippen molar-refractivity contribution in [2.45, 2.75) is 31.0 Å². The molecule has 0 saturated carbocycles. The number of ether oxygens (including phenoxy) is 1. The average molecular weight is 450 g/mol. The van der Waals surface area contributed by atoms with Crippen LogP contribution in [0.1, 0.15) is 46.7 Å². The van der Waals surface area contributed by atoms with Crippen molar-refractivity contribution in [3.05, 3.63) is 77.8 Å². The van der Waals surface area contributed by atoms with Gasteiger partial charge < -0.3 is 24.5 Å². The molecule has 0 unspecified atom stereocenters. The molecule has 32 heavy (non-hydrogen) atoms. The van der Waals surface area contributed by atoms with Crippen molar-refractivity contribution in [2.75, 3.05) is 13.2 Å². The molecule has 0 radical (unpaired) electrons. The van der Waals surface area contributed by atoms with Gasteiger partial charge in [-0.1, -0.05) is 24.3 Å². The van der Waals surface area contributed by atoms with Crippen LogP contribution in [0.25, 0.3) is 11.3 Å². The largest absolute Gasteiger partial charge is 0.478 e. The van der Waals surface area contributed by atoms with E-state index in [1.807, 2.05) is 30.3 Å². The molecule has 0 bridgehead atoms. The lowest BCUT2D eigenvalue weighted by Gasteiger charge is -2.28. The first-order chi connectivity index (χ1) is 15.6. The van der Waals surface area contributed by atoms with Crippen LogP contribution < -0.4 is 5.32 Å². The monoisotopic (exact) mass is 449 g/mol. The van der Waals surface area contributed by atoms with Crippen LogP contribution >= 0.6 is 12.2 Å². The van der Waals surface area contributed by atoms with Gasteiger partial charge in [0.05, 0.1) is 23.4 Å². The Morgan fingerprint density at radius 1 is 1.19 bits per heavy atom. The highest BCUT2D eigenvalue weighted by atomic mass is 32.1. The van der Waals surface area contributed by atoms with E-state index >= 15 is 0 Å². The SMILES string of the molecule is O=C(O)c1ccccc1-c1ccc([C@@H]2[C@H](c3ccccn3)NC(=S)N2C[C@@H]2CCCO2)o1. The number of nitrogens with one attached hydrogen (secondary N) is 1. The minimum Gasteiger partial charge on any atom is -0.478 e. The molecule has 3 aromatic rings. The van der Waals surface area contributed by atoms with E-state index in [0.717, 1.165) is 25.1 Å². The summed E-state index contributed by atoms with van der Waals surface area (Å²) in [7, 11) is 0. The highest BCUT2D eigenvalue weighted by Crippen LogP contribution is 2.41. The van der Waals surface area contributed by atoms with Gasteiger partial charge in [0.1, 0.15) is 17.6 Å². The van der Waals surface area contributed by atoms with Crippen molar-refractivity contribution in [3.8, 4) is 11.3 Å². The van der Waals surface area contributed by atoms with Crippen LogP contribution in [0.15, 0.2) is 65.2 Å². The molecule has 8 heteroatoms. The normalized spacial score (nSPS) is 22.8. The van der Waals surface area contributed by atoms with Crippen molar-refractivity contribution in [2.24, 2.45) is 0 Å². The Balaban J connectivity index is 1.53. The van der Waals surface area contributed by atoms with Gasteiger partial charge in [0.2, 0.25) is 0 Å². The van der Waals surface area contributed by atoms with Crippen LogP contribution in [0.2, 0.25) is 0 Å². The summed E-state index contributed by atoms with van der Waals surface area (Å²) in [5, 5.41) is 13.6. The Morgan fingerprint density at radius 3 is 2.78 bits per heavy atom. The molecule has 3 atom stereocenters. The number of carbonyl (C=O) groups is 1. The Labute approximate surface area is 191 Å². The Kier molecular flexibility index (Phi) is 5.63. The lowest BCUT2D eigenvalue weighted by atomic mass is 10.0. The minimum absolute atomic E-state index is 0.113. The van der Waals surface area contributed by atoms with Gasteiger partial charge in [-0.3, -0.25) is 4.98 Å². The molecule has 4 heterocycles. The highest BCUT2D eigenvalue weighted by Gasteiger charge is 2.43. The molecule has 7 nitrogen and oxygen atoms in total. The summed E-state index contributed by atoms with van der Waals surface area (Å²) in [4.78, 5) is 18.3. The molecular formula is C24H23N3O4S. The third-order valence-electron chi connectivity index (χ3n) is 5.96. The van der Waals surface area contributed by atoms with Gasteiger partial charge in [0.25, 0.3) is 0 Å². The number of benzene rings is 1. The molecule has 2 aliphatic rings. The number of rotatable bonds is 6. The van der Waals surface area contributed by atoms with Crippen LogP contribution in [0.4, 0.5) is 0 Å². The average Bonchev–Trinajstić information content (AvgIpc) is 3.56.